The van der Waals surface area contributed by atoms with Crippen molar-refractivity contribution < 1.29 is 87.5 Å². The minimum Gasteiger partial charge on any atom is -0.489 e. The summed E-state index contributed by atoms with van der Waals surface area (Å²) in [5.74, 6) is -1.45. The summed E-state index contributed by atoms with van der Waals surface area (Å²) in [6, 6.07) is 28.9. The molecule has 506 valence electrons. The van der Waals surface area contributed by atoms with Crippen molar-refractivity contribution in [2.75, 3.05) is 24.3 Å². The molecule has 1 amide bonds. The fourth-order valence-electron chi connectivity index (χ4n) is 18.2. The van der Waals surface area contributed by atoms with Crippen molar-refractivity contribution in [1.82, 2.24) is 0 Å². The van der Waals surface area contributed by atoms with E-state index in [0.717, 1.165) is 35.8 Å². The SMILES string of the molecule is CC(C)(C)OC(=O)Nc1cccc(COc2ccc(C=O)cc2)c1.C[C@]12C=CC(=O)C=C1CC[C@@H]1[C@@H]2[C@@H](O)C[C@@]2(C)[C@H]1C[C@@H](O)[C@]2(O)C(=O)CO.C[C@]12C=CC(=O)C=C1CC[C@H]1[C@@H]3C[C@H]4O[C@@H](c5ccc(OCc6cccc(N)c6)cc5)O[C@@]4(C(=O)CO)[C@@]3(C)C[C@H](O)[C@@]12F. The van der Waals surface area contributed by atoms with Gasteiger partial charge in [0.1, 0.15) is 49.8 Å². The Morgan fingerprint density at radius 1 is 0.726 bits per heavy atom. The Morgan fingerprint density at radius 2 is 1.34 bits per heavy atom. The monoisotopic (exact) mass is 1310 g/mol. The number of amides is 1. The van der Waals surface area contributed by atoms with Crippen LogP contribution in [0.4, 0.5) is 20.6 Å². The van der Waals surface area contributed by atoms with Crippen LogP contribution in [-0.2, 0) is 46.6 Å². The van der Waals surface area contributed by atoms with Gasteiger partial charge in [0.2, 0.25) is 0 Å². The number of anilines is 2. The number of ketones is 4. The van der Waals surface area contributed by atoms with Crippen LogP contribution in [0, 0.1) is 51.2 Å². The first-order valence-electron chi connectivity index (χ1n) is 32.7. The molecule has 1 saturated heterocycles. The summed E-state index contributed by atoms with van der Waals surface area (Å²) in [7, 11) is 0. The van der Waals surface area contributed by atoms with Gasteiger partial charge < -0.3 is 60.1 Å². The fourth-order valence-corrected chi connectivity index (χ4v) is 18.2. The van der Waals surface area contributed by atoms with Crippen molar-refractivity contribution in [3.8, 4) is 11.5 Å². The molecular weight excluding hydrogens is 1220 g/mol. The number of ether oxygens (including phenoxy) is 5. The number of nitrogen functional groups attached to an aromatic ring is 1. The molecule has 13 rings (SSSR count). The fraction of sp³-hybridized carbons (Fsp3) is 0.493. The molecule has 8 aliphatic carbocycles. The van der Waals surface area contributed by atoms with Gasteiger partial charge in [-0.05, 0) is 193 Å². The number of alkyl halides is 1. The zero-order valence-electron chi connectivity index (χ0n) is 54.7. The molecule has 7 fully saturated rings. The van der Waals surface area contributed by atoms with Gasteiger partial charge in [-0.3, -0.25) is 29.3 Å². The van der Waals surface area contributed by atoms with Crippen LogP contribution in [0.2, 0.25) is 0 Å². The van der Waals surface area contributed by atoms with E-state index in [1.807, 2.05) is 95.3 Å². The number of nitrogens with two attached hydrogens (primary N) is 1. The van der Waals surface area contributed by atoms with Gasteiger partial charge in [-0.2, -0.15) is 0 Å². The molecule has 0 spiro atoms. The summed E-state index contributed by atoms with van der Waals surface area (Å²) in [5, 5.41) is 66.9. The minimum atomic E-state index is -2.05. The molecule has 0 unspecified atom stereocenters. The summed E-state index contributed by atoms with van der Waals surface area (Å²) in [4.78, 5) is 72.5. The van der Waals surface area contributed by atoms with Crippen LogP contribution in [0.1, 0.15) is 133 Å². The Bertz CT molecular complexity index is 3770. The van der Waals surface area contributed by atoms with Crippen molar-refractivity contribution in [2.45, 2.75) is 166 Å². The van der Waals surface area contributed by atoms with E-state index in [4.69, 9.17) is 29.4 Å². The molecule has 6 saturated carbocycles. The highest BCUT2D eigenvalue weighted by molar-refractivity contribution is 6.02. The number of Topliss-reactive ketones (excluding diaryl/α,β-unsaturated/α-hetero) is 2. The Balaban J connectivity index is 0.000000155. The largest absolute Gasteiger partial charge is 0.489 e. The van der Waals surface area contributed by atoms with E-state index in [-0.39, 0.29) is 54.5 Å². The van der Waals surface area contributed by atoms with Crippen LogP contribution in [0.15, 0.2) is 145 Å². The van der Waals surface area contributed by atoms with Crippen LogP contribution >= 0.6 is 0 Å². The van der Waals surface area contributed by atoms with Gasteiger partial charge in [0.25, 0.3) is 0 Å². The number of allylic oxidation sites excluding steroid dienone is 8. The van der Waals surface area contributed by atoms with E-state index in [1.165, 1.54) is 12.2 Å². The van der Waals surface area contributed by atoms with Crippen LogP contribution in [0.5, 0.6) is 11.5 Å². The molecule has 1 aliphatic heterocycles. The Kier molecular flexibility index (Phi) is 18.7. The first kappa shape index (κ1) is 68.8. The van der Waals surface area contributed by atoms with Crippen molar-refractivity contribution in [2.24, 2.45) is 51.2 Å². The van der Waals surface area contributed by atoms with Gasteiger partial charge in [-0.1, -0.05) is 80.5 Å². The predicted octanol–water partition coefficient (Wildman–Crippen LogP) is 9.50. The molecule has 4 aromatic carbocycles. The molecule has 17 atom stereocenters. The number of aliphatic hydroxyl groups is 6. The van der Waals surface area contributed by atoms with E-state index in [0.29, 0.717) is 72.1 Å². The average molecular weight is 1310 g/mol. The molecule has 1 heterocycles. The number of hydrogen-bond donors (Lipinski definition) is 8. The number of nitrogens with one attached hydrogen (secondary N) is 1. The number of carbonyl (C=O) groups is 6. The summed E-state index contributed by atoms with van der Waals surface area (Å²) >= 11 is 0. The number of aliphatic hydroxyl groups excluding tert-OH is 5. The molecular formula is C75H87FN2O17. The topological polar surface area (TPSA) is 308 Å². The molecule has 0 radical (unpaired) electrons. The lowest BCUT2D eigenvalue weighted by atomic mass is 9.44. The molecule has 95 heavy (non-hydrogen) atoms. The highest BCUT2D eigenvalue weighted by Crippen LogP contribution is 2.73. The van der Waals surface area contributed by atoms with Gasteiger partial charge in [-0.15, -0.1) is 0 Å². The van der Waals surface area contributed by atoms with E-state index in [2.05, 4.69) is 5.32 Å². The summed E-state index contributed by atoms with van der Waals surface area (Å²) in [6.07, 6.45) is 7.95. The van der Waals surface area contributed by atoms with E-state index >= 15 is 4.39 Å². The lowest BCUT2D eigenvalue weighted by molar-refractivity contribution is -0.231. The highest BCUT2D eigenvalue weighted by atomic mass is 19.1. The number of halogens is 1. The quantitative estimate of drug-likeness (QED) is 0.0456. The second-order valence-corrected chi connectivity index (χ2v) is 29.1. The number of fused-ring (bicyclic) bond motifs is 12. The molecule has 20 heteroatoms. The second-order valence-electron chi connectivity index (χ2n) is 29.1. The number of rotatable bonds is 13. The Morgan fingerprint density at radius 3 is 1.97 bits per heavy atom. The number of benzene rings is 4. The molecule has 4 aromatic rings. The van der Waals surface area contributed by atoms with Crippen LogP contribution < -0.4 is 20.5 Å². The van der Waals surface area contributed by atoms with Crippen LogP contribution in [-0.4, -0.2) is 126 Å². The Hall–Kier alpha value is -7.53. The summed E-state index contributed by atoms with van der Waals surface area (Å²) in [6.45, 7) is 12.0. The summed E-state index contributed by atoms with van der Waals surface area (Å²) in [5.41, 5.74) is 2.23. The van der Waals surface area contributed by atoms with Crippen molar-refractivity contribution in [3.05, 3.63) is 167 Å². The number of aldehydes is 1. The van der Waals surface area contributed by atoms with E-state index in [9.17, 15) is 59.4 Å². The third-order valence-corrected chi connectivity index (χ3v) is 22.7. The summed E-state index contributed by atoms with van der Waals surface area (Å²) < 4.78 is 47.4. The van der Waals surface area contributed by atoms with Gasteiger partial charge in [0, 0.05) is 56.0 Å². The zero-order chi connectivity index (χ0) is 68.4. The number of carbonyl (C=O) groups excluding carboxylic acids is 6. The Labute approximate surface area is 552 Å². The minimum absolute atomic E-state index is 0.00826. The van der Waals surface area contributed by atoms with Crippen molar-refractivity contribution in [1.29, 1.82) is 0 Å². The zero-order valence-corrected chi connectivity index (χ0v) is 54.7. The van der Waals surface area contributed by atoms with Crippen LogP contribution in [0.25, 0.3) is 0 Å². The molecule has 0 aromatic heterocycles. The maximum Gasteiger partial charge on any atom is 0.412 e. The van der Waals surface area contributed by atoms with Gasteiger partial charge in [0.05, 0.1) is 24.4 Å². The maximum atomic E-state index is 17.5. The third kappa shape index (κ3) is 11.9. The second kappa shape index (κ2) is 25.8. The normalized spacial score (nSPS) is 36.0. The third-order valence-electron chi connectivity index (χ3n) is 22.7. The highest BCUT2D eigenvalue weighted by Gasteiger charge is 2.79. The smallest absolute Gasteiger partial charge is 0.412 e. The number of hydrogen-bond acceptors (Lipinski definition) is 18. The predicted molar refractivity (Wildman–Crippen MR) is 348 cm³/mol. The molecule has 19 nitrogen and oxygen atoms in total. The van der Waals surface area contributed by atoms with E-state index < -0.39 is 112 Å². The molecule has 9 N–H and O–H groups in total. The van der Waals surface area contributed by atoms with Crippen LogP contribution in [0.3, 0.4) is 0 Å². The van der Waals surface area contributed by atoms with Gasteiger partial charge >= 0.3 is 6.09 Å². The lowest BCUT2D eigenvalue weighted by Crippen LogP contribution is -2.69. The first-order valence-corrected chi connectivity index (χ1v) is 32.7. The standard InChI is InChI=1S/C35H38FNO7.C21H28O6.C19H21NO4/c1-32-13-12-24(39)15-22(32)8-11-26-27-16-30-35(29(41)18-38,33(27,2)17-28(40)34(26,32)36)44-31(43-30)21-6-9-25(10-7-21)42-19-20-4-3-5-23(37)14-20;1-19-6-5-12(23)7-11(19)3-4-13-14-8-16(25)21(27,17(26)10-22)20(14,2)9-15(24)18(13)19;1-19(2,3)24-18(22)20-16-6-4-5-15(11-16)13-23-17-9-7-14(12-21)8-10-17/h3-7,9-10,12-15,26-28,30-31,38,40H,8,11,16-19,37H2,1-2H3;5-7,13-16,18,22,24-25,27H,3-4,8-10H2,1-2H3;4-12H,13H2,1-3H3,(H,20,22)/t26-,27-,28-,30+,31+,32-,33-,34-,35+;13-,14-,15-,16+,18+,19-,20-,21-;/m00./s1. The van der Waals surface area contributed by atoms with Crippen molar-refractivity contribution in [3.63, 3.8) is 0 Å². The van der Waals surface area contributed by atoms with Gasteiger partial charge in [-0.25, -0.2) is 9.18 Å². The van der Waals surface area contributed by atoms with E-state index in [1.54, 1.807) is 74.5 Å². The van der Waals surface area contributed by atoms with Gasteiger partial charge in [0.15, 0.2) is 46.3 Å². The molecule has 9 aliphatic rings. The maximum absolute atomic E-state index is 17.5. The first-order chi connectivity index (χ1) is 44.9. The average Bonchev–Trinajstić information content (AvgIpc) is 1.55. The lowest BCUT2D eigenvalue weighted by Gasteiger charge is -2.62. The van der Waals surface area contributed by atoms with Crippen molar-refractivity contribution >= 4 is 46.9 Å². The molecule has 0 bridgehead atoms.